The lowest BCUT2D eigenvalue weighted by molar-refractivity contribution is -0.401. The normalized spacial score (nSPS) is 24.8. The number of furan rings is 1. The summed E-state index contributed by atoms with van der Waals surface area (Å²) in [7, 11) is 1.84. The Morgan fingerprint density at radius 2 is 2.00 bits per heavy atom. The summed E-state index contributed by atoms with van der Waals surface area (Å²) in [5, 5.41) is 13.4. The van der Waals surface area contributed by atoms with Crippen LogP contribution in [0.2, 0.25) is 0 Å². The molecule has 186 valence electrons. The highest BCUT2D eigenvalue weighted by molar-refractivity contribution is 5.90. The third-order valence-electron chi connectivity index (χ3n) is 7.03. The Morgan fingerprint density at radius 1 is 1.26 bits per heavy atom. The zero-order valence-electron chi connectivity index (χ0n) is 19.3. The molecule has 4 atom stereocenters. The standard InChI is InChI=1S/C23H26FN5O6/c1-13(30)25-8-15-9-28(23(31)34-15)14-3-4-20(19(24)7-14)27-11-17-16(18(17)12-27)10-26(2)21-5-6-22(35-21)29(32)33/h3-7,15-18H,8-12H2,1-2H3,(H,25,30)/t15-,16?,17-,18+/m0/s1. The lowest BCUT2D eigenvalue weighted by Crippen LogP contribution is -2.33. The summed E-state index contributed by atoms with van der Waals surface area (Å²) in [5.74, 6) is 0.825. The highest BCUT2D eigenvalue weighted by Crippen LogP contribution is 2.53. The molecule has 1 aromatic carbocycles. The number of ether oxygens (including phenoxy) is 1. The predicted octanol–water partition coefficient (Wildman–Crippen LogP) is 2.61. The number of halogens is 1. The van der Waals surface area contributed by atoms with Gasteiger partial charge in [-0.2, -0.15) is 0 Å². The fraction of sp³-hybridized carbons (Fsp3) is 0.478. The van der Waals surface area contributed by atoms with E-state index >= 15 is 4.39 Å². The van der Waals surface area contributed by atoms with Crippen molar-refractivity contribution < 1.29 is 28.1 Å². The molecule has 3 fully saturated rings. The number of hydrogen-bond donors (Lipinski definition) is 1. The maximum Gasteiger partial charge on any atom is 0.434 e. The van der Waals surface area contributed by atoms with Gasteiger partial charge in [0, 0.05) is 39.7 Å². The van der Waals surface area contributed by atoms with Crippen molar-refractivity contribution in [2.45, 2.75) is 13.0 Å². The highest BCUT2D eigenvalue weighted by atomic mass is 19.1. The molecular weight excluding hydrogens is 461 g/mol. The first-order valence-corrected chi connectivity index (χ1v) is 11.4. The first kappa shape index (κ1) is 22.9. The van der Waals surface area contributed by atoms with Crippen LogP contribution in [0.25, 0.3) is 0 Å². The molecule has 0 radical (unpaired) electrons. The van der Waals surface area contributed by atoms with Crippen LogP contribution in [-0.4, -0.2) is 62.8 Å². The van der Waals surface area contributed by atoms with Crippen molar-refractivity contribution in [1.29, 1.82) is 0 Å². The molecule has 2 aliphatic heterocycles. The smallest absolute Gasteiger partial charge is 0.434 e. The topological polar surface area (TPSA) is 121 Å². The molecule has 1 unspecified atom stereocenters. The number of piperidine rings is 1. The molecule has 5 rings (SSSR count). The first-order valence-electron chi connectivity index (χ1n) is 11.4. The summed E-state index contributed by atoms with van der Waals surface area (Å²) in [6.07, 6.45) is -1.05. The number of nitrogens with zero attached hydrogens (tertiary/aromatic N) is 4. The van der Waals surface area contributed by atoms with Gasteiger partial charge in [0.25, 0.3) is 0 Å². The van der Waals surface area contributed by atoms with Gasteiger partial charge < -0.3 is 24.3 Å². The number of carbonyl (C=O) groups excluding carboxylic acids is 2. The van der Waals surface area contributed by atoms with Crippen LogP contribution in [0.5, 0.6) is 0 Å². The van der Waals surface area contributed by atoms with Gasteiger partial charge in [-0.15, -0.1) is 0 Å². The number of nitro groups is 1. The van der Waals surface area contributed by atoms with Crippen molar-refractivity contribution in [2.75, 3.05) is 54.5 Å². The number of cyclic esters (lactones) is 1. The summed E-state index contributed by atoms with van der Waals surface area (Å²) in [4.78, 5) is 38.8. The molecule has 2 saturated heterocycles. The van der Waals surface area contributed by atoms with E-state index < -0.39 is 22.9 Å². The van der Waals surface area contributed by atoms with Crippen LogP contribution in [0.4, 0.5) is 32.3 Å². The molecule has 3 aliphatic rings. The summed E-state index contributed by atoms with van der Waals surface area (Å²) in [5.41, 5.74) is 0.912. The van der Waals surface area contributed by atoms with Crippen LogP contribution in [-0.2, 0) is 9.53 Å². The lowest BCUT2D eigenvalue weighted by atomic mass is 10.2. The maximum atomic E-state index is 15.0. The van der Waals surface area contributed by atoms with Crippen molar-refractivity contribution in [3.05, 3.63) is 46.3 Å². The average molecular weight is 487 g/mol. The maximum absolute atomic E-state index is 15.0. The third-order valence-corrected chi connectivity index (χ3v) is 7.03. The second-order valence-corrected chi connectivity index (χ2v) is 9.34. The second-order valence-electron chi connectivity index (χ2n) is 9.34. The molecule has 1 aromatic heterocycles. The minimum absolute atomic E-state index is 0.210. The minimum atomic E-state index is -0.566. The van der Waals surface area contributed by atoms with E-state index in [0.717, 1.165) is 13.1 Å². The Balaban J connectivity index is 1.16. The number of nitrogens with one attached hydrogen (secondary N) is 1. The summed E-state index contributed by atoms with van der Waals surface area (Å²) >= 11 is 0. The SMILES string of the molecule is CC(=O)NC[C@H]1CN(c2ccc(N3C[C@@H]4C(CN(C)c5ccc([N+](=O)[O-])o5)[C@@H]4C3)c(F)c2)C(=O)O1. The van der Waals surface area contributed by atoms with E-state index in [1.54, 1.807) is 18.2 Å². The molecule has 3 heterocycles. The quantitative estimate of drug-likeness (QED) is 0.446. The van der Waals surface area contributed by atoms with E-state index in [4.69, 9.17) is 9.15 Å². The van der Waals surface area contributed by atoms with Crippen molar-refractivity contribution >= 4 is 35.1 Å². The van der Waals surface area contributed by atoms with Crippen molar-refractivity contribution in [2.24, 2.45) is 17.8 Å². The second kappa shape index (κ2) is 8.75. The number of benzene rings is 1. The largest absolute Gasteiger partial charge is 0.442 e. The van der Waals surface area contributed by atoms with Gasteiger partial charge in [-0.25, -0.2) is 9.18 Å². The van der Waals surface area contributed by atoms with E-state index in [0.29, 0.717) is 41.6 Å². The molecule has 35 heavy (non-hydrogen) atoms. The minimum Gasteiger partial charge on any atom is -0.442 e. The Hall–Kier alpha value is -3.83. The fourth-order valence-electron chi connectivity index (χ4n) is 5.16. The van der Waals surface area contributed by atoms with Crippen LogP contribution < -0.4 is 20.0 Å². The van der Waals surface area contributed by atoms with Gasteiger partial charge in [-0.3, -0.25) is 19.8 Å². The monoisotopic (exact) mass is 487 g/mol. The Morgan fingerprint density at radius 3 is 2.63 bits per heavy atom. The zero-order chi connectivity index (χ0) is 24.9. The molecule has 2 amide bonds. The van der Waals surface area contributed by atoms with Crippen molar-refractivity contribution in [3.8, 4) is 0 Å². The molecule has 0 bridgehead atoms. The van der Waals surface area contributed by atoms with Crippen LogP contribution in [0.1, 0.15) is 6.92 Å². The Bertz CT molecular complexity index is 1160. The third kappa shape index (κ3) is 4.47. The van der Waals surface area contributed by atoms with Crippen LogP contribution in [0, 0.1) is 33.7 Å². The molecule has 12 heteroatoms. The number of fused-ring (bicyclic) bond motifs is 1. The summed E-state index contributed by atoms with van der Waals surface area (Å²) in [6.45, 7) is 4.00. The lowest BCUT2D eigenvalue weighted by Gasteiger charge is -2.25. The first-order chi connectivity index (χ1) is 16.7. The molecule has 0 spiro atoms. The fourth-order valence-corrected chi connectivity index (χ4v) is 5.16. The number of rotatable bonds is 8. The van der Waals surface area contributed by atoms with Crippen molar-refractivity contribution in [1.82, 2.24) is 5.32 Å². The van der Waals surface area contributed by atoms with Crippen LogP contribution in [0.15, 0.2) is 34.7 Å². The Kier molecular flexibility index (Phi) is 5.73. The van der Waals surface area contributed by atoms with Crippen LogP contribution >= 0.6 is 0 Å². The van der Waals surface area contributed by atoms with Gasteiger partial charge in [0.1, 0.15) is 16.8 Å². The number of hydrogen-bond acceptors (Lipinski definition) is 8. The van der Waals surface area contributed by atoms with E-state index in [1.807, 2.05) is 16.8 Å². The average Bonchev–Trinajstić information content (AvgIpc) is 3.29. The van der Waals surface area contributed by atoms with E-state index in [2.05, 4.69) is 5.32 Å². The molecule has 1 aliphatic carbocycles. The van der Waals surface area contributed by atoms with E-state index in [9.17, 15) is 19.7 Å². The molecule has 1 saturated carbocycles. The van der Waals surface area contributed by atoms with Gasteiger partial charge in [0.15, 0.2) is 0 Å². The molecule has 11 nitrogen and oxygen atoms in total. The Labute approximate surface area is 200 Å². The molecule has 1 N–H and O–H groups in total. The van der Waals surface area contributed by atoms with E-state index in [-0.39, 0.29) is 24.9 Å². The van der Waals surface area contributed by atoms with Crippen LogP contribution in [0.3, 0.4) is 0 Å². The zero-order valence-corrected chi connectivity index (χ0v) is 19.3. The van der Waals surface area contributed by atoms with Gasteiger partial charge >= 0.3 is 12.0 Å². The van der Waals surface area contributed by atoms with E-state index in [1.165, 1.54) is 24.0 Å². The van der Waals surface area contributed by atoms with Gasteiger partial charge in [0.05, 0.1) is 30.5 Å². The number of amides is 2. The van der Waals surface area contributed by atoms with Gasteiger partial charge in [0.2, 0.25) is 11.8 Å². The summed E-state index contributed by atoms with van der Waals surface area (Å²) in [6, 6.07) is 7.68. The highest BCUT2D eigenvalue weighted by Gasteiger charge is 2.56. The van der Waals surface area contributed by atoms with Gasteiger partial charge in [-0.05, 0) is 36.0 Å². The number of anilines is 3. The predicted molar refractivity (Wildman–Crippen MR) is 124 cm³/mol. The van der Waals surface area contributed by atoms with Crippen molar-refractivity contribution in [3.63, 3.8) is 0 Å². The molecule has 2 aromatic rings. The van der Waals surface area contributed by atoms with Gasteiger partial charge in [-0.1, -0.05) is 0 Å². The number of carbonyl (C=O) groups is 2. The molecular formula is C23H26FN5O6. The summed E-state index contributed by atoms with van der Waals surface area (Å²) < 4.78 is 25.5.